The molecule has 1 atom stereocenters. The summed E-state index contributed by atoms with van der Waals surface area (Å²) in [6, 6.07) is 11.0. The molecule has 1 saturated carbocycles. The second kappa shape index (κ2) is 7.32. The highest BCUT2D eigenvalue weighted by Crippen LogP contribution is 2.31. The molecular formula is C16H25NOS. The van der Waals surface area contributed by atoms with Crippen molar-refractivity contribution in [2.75, 3.05) is 18.1 Å². The molecule has 2 N–H and O–H groups in total. The lowest BCUT2D eigenvalue weighted by Crippen LogP contribution is -2.49. The molecule has 1 fully saturated rings. The number of hydrogen-bond acceptors (Lipinski definition) is 3. The van der Waals surface area contributed by atoms with E-state index in [1.165, 1.54) is 37.0 Å². The lowest BCUT2D eigenvalue weighted by Gasteiger charge is -2.34. The number of aliphatic hydroxyl groups excluding tert-OH is 1. The van der Waals surface area contributed by atoms with Crippen molar-refractivity contribution in [3.63, 3.8) is 0 Å². The van der Waals surface area contributed by atoms with Crippen LogP contribution in [0.4, 0.5) is 0 Å². The van der Waals surface area contributed by atoms with E-state index in [0.29, 0.717) is 6.04 Å². The van der Waals surface area contributed by atoms with Crippen LogP contribution in [0, 0.1) is 0 Å². The van der Waals surface area contributed by atoms with Gasteiger partial charge in [-0.25, -0.2) is 0 Å². The van der Waals surface area contributed by atoms with Gasteiger partial charge in [0.2, 0.25) is 0 Å². The fourth-order valence-corrected chi connectivity index (χ4v) is 3.59. The number of thioether (sulfide) groups is 1. The Morgan fingerprint density at radius 3 is 2.63 bits per heavy atom. The van der Waals surface area contributed by atoms with E-state index in [4.69, 9.17) is 0 Å². The molecule has 2 rings (SSSR count). The van der Waals surface area contributed by atoms with Crippen molar-refractivity contribution in [2.24, 2.45) is 0 Å². The first-order chi connectivity index (χ1) is 9.30. The topological polar surface area (TPSA) is 32.3 Å². The van der Waals surface area contributed by atoms with Gasteiger partial charge in [0.1, 0.15) is 0 Å². The lowest BCUT2D eigenvalue weighted by molar-refractivity contribution is 0.177. The summed E-state index contributed by atoms with van der Waals surface area (Å²) in [4.78, 5) is 0. The van der Waals surface area contributed by atoms with Gasteiger partial charge in [-0.2, -0.15) is 11.8 Å². The Morgan fingerprint density at radius 1 is 1.32 bits per heavy atom. The average molecular weight is 279 g/mol. The number of aliphatic hydroxyl groups is 1. The Balaban J connectivity index is 2.06. The molecule has 2 nitrogen and oxygen atoms in total. The van der Waals surface area contributed by atoms with Crippen LogP contribution in [0.5, 0.6) is 0 Å². The van der Waals surface area contributed by atoms with Crippen molar-refractivity contribution in [3.8, 4) is 0 Å². The first-order valence-electron chi connectivity index (χ1n) is 7.32. The zero-order chi connectivity index (χ0) is 13.6. The van der Waals surface area contributed by atoms with Crippen molar-refractivity contribution in [3.05, 3.63) is 35.9 Å². The largest absolute Gasteiger partial charge is 0.394 e. The van der Waals surface area contributed by atoms with Crippen molar-refractivity contribution >= 4 is 11.8 Å². The van der Waals surface area contributed by atoms with Gasteiger partial charge >= 0.3 is 0 Å². The van der Waals surface area contributed by atoms with E-state index in [1.54, 1.807) is 0 Å². The van der Waals surface area contributed by atoms with Crippen molar-refractivity contribution in [1.29, 1.82) is 0 Å². The minimum Gasteiger partial charge on any atom is -0.394 e. The summed E-state index contributed by atoms with van der Waals surface area (Å²) in [6.07, 6.45) is 4.98. The maximum Gasteiger partial charge on any atom is 0.0762 e. The van der Waals surface area contributed by atoms with Crippen molar-refractivity contribution < 1.29 is 5.11 Å². The Hall–Kier alpha value is -0.510. The number of hydrogen-bond donors (Lipinski definition) is 2. The molecule has 0 bridgehead atoms. The summed E-state index contributed by atoms with van der Waals surface area (Å²) in [6.45, 7) is 2.39. The number of nitrogens with one attached hydrogen (secondary N) is 1. The van der Waals surface area contributed by atoms with Crippen LogP contribution in [0.1, 0.15) is 38.2 Å². The summed E-state index contributed by atoms with van der Waals surface area (Å²) in [5.74, 6) is 2.13. The van der Waals surface area contributed by atoms with Gasteiger partial charge < -0.3 is 10.4 Å². The van der Waals surface area contributed by atoms with Crippen LogP contribution < -0.4 is 5.32 Å². The Morgan fingerprint density at radius 2 is 2.05 bits per heavy atom. The van der Waals surface area contributed by atoms with Gasteiger partial charge in [0.15, 0.2) is 0 Å². The molecule has 1 unspecified atom stereocenters. The van der Waals surface area contributed by atoms with E-state index in [0.717, 1.165) is 5.75 Å². The fraction of sp³-hybridized carbons (Fsp3) is 0.625. The van der Waals surface area contributed by atoms with E-state index in [-0.39, 0.29) is 12.1 Å². The van der Waals surface area contributed by atoms with E-state index in [1.807, 2.05) is 17.8 Å². The third kappa shape index (κ3) is 4.23. The Bertz CT molecular complexity index is 366. The molecule has 1 aromatic carbocycles. The molecule has 0 aliphatic heterocycles. The minimum atomic E-state index is -0.263. The summed E-state index contributed by atoms with van der Waals surface area (Å²) in [7, 11) is 0. The highest BCUT2D eigenvalue weighted by Gasteiger charge is 2.37. The van der Waals surface area contributed by atoms with Gasteiger partial charge in [0.25, 0.3) is 0 Å². The number of rotatable bonds is 9. The van der Waals surface area contributed by atoms with Crippen LogP contribution >= 0.6 is 11.8 Å². The van der Waals surface area contributed by atoms with Gasteiger partial charge in [-0.05, 0) is 30.6 Å². The molecule has 3 heteroatoms. The zero-order valence-corrected chi connectivity index (χ0v) is 12.6. The SMILES string of the molecule is CCCCSCC(CO)(NC1CC1)c1ccccc1. The molecule has 0 radical (unpaired) electrons. The molecule has 0 heterocycles. The first kappa shape index (κ1) is 14.9. The molecule has 0 saturated heterocycles. The predicted molar refractivity (Wildman–Crippen MR) is 83.6 cm³/mol. The highest BCUT2D eigenvalue weighted by molar-refractivity contribution is 7.99. The van der Waals surface area contributed by atoms with E-state index in [9.17, 15) is 5.11 Å². The third-order valence-electron chi connectivity index (χ3n) is 3.64. The Kier molecular flexibility index (Phi) is 5.74. The van der Waals surface area contributed by atoms with Gasteiger partial charge in [-0.1, -0.05) is 43.7 Å². The smallest absolute Gasteiger partial charge is 0.0762 e. The second-order valence-electron chi connectivity index (χ2n) is 5.43. The predicted octanol–water partition coefficient (Wildman–Crippen LogP) is 3.16. The monoisotopic (exact) mass is 279 g/mol. The summed E-state index contributed by atoms with van der Waals surface area (Å²) in [5, 5.41) is 13.7. The van der Waals surface area contributed by atoms with Crippen molar-refractivity contribution in [2.45, 2.75) is 44.2 Å². The van der Waals surface area contributed by atoms with Crippen LogP contribution in [0.15, 0.2) is 30.3 Å². The molecule has 1 aliphatic carbocycles. The van der Waals surface area contributed by atoms with Gasteiger partial charge in [-0.3, -0.25) is 0 Å². The van der Waals surface area contributed by atoms with Gasteiger partial charge in [0.05, 0.1) is 12.1 Å². The third-order valence-corrected chi connectivity index (χ3v) is 4.92. The first-order valence-corrected chi connectivity index (χ1v) is 8.48. The zero-order valence-electron chi connectivity index (χ0n) is 11.8. The van der Waals surface area contributed by atoms with E-state index >= 15 is 0 Å². The molecule has 0 amide bonds. The quantitative estimate of drug-likeness (QED) is 0.681. The second-order valence-corrected chi connectivity index (χ2v) is 6.54. The van der Waals surface area contributed by atoms with Crippen LogP contribution in [0.2, 0.25) is 0 Å². The number of unbranched alkanes of at least 4 members (excludes halogenated alkanes) is 1. The van der Waals surface area contributed by atoms with Crippen LogP contribution in [-0.4, -0.2) is 29.3 Å². The van der Waals surface area contributed by atoms with E-state index < -0.39 is 0 Å². The maximum atomic E-state index is 9.99. The summed E-state index contributed by atoms with van der Waals surface area (Å²) >= 11 is 1.95. The standard InChI is InChI=1S/C16H25NOS/c1-2-3-11-19-13-16(12-18,17-15-9-10-15)14-7-5-4-6-8-14/h4-8,15,17-18H,2-3,9-13H2,1H3. The van der Waals surface area contributed by atoms with Crippen LogP contribution in [0.3, 0.4) is 0 Å². The molecule has 0 aromatic heterocycles. The minimum absolute atomic E-state index is 0.173. The van der Waals surface area contributed by atoms with E-state index in [2.05, 4.69) is 36.5 Å². The van der Waals surface area contributed by atoms with Gasteiger partial charge in [0, 0.05) is 11.8 Å². The molecular weight excluding hydrogens is 254 g/mol. The normalized spacial score (nSPS) is 18.2. The fourth-order valence-electron chi connectivity index (χ4n) is 2.26. The summed E-state index contributed by atoms with van der Waals surface area (Å²) < 4.78 is 0. The maximum absolute atomic E-state index is 9.99. The van der Waals surface area contributed by atoms with Crippen LogP contribution in [-0.2, 0) is 5.54 Å². The number of benzene rings is 1. The van der Waals surface area contributed by atoms with Gasteiger partial charge in [-0.15, -0.1) is 0 Å². The summed E-state index contributed by atoms with van der Waals surface area (Å²) in [5.41, 5.74) is 0.953. The highest BCUT2D eigenvalue weighted by atomic mass is 32.2. The lowest BCUT2D eigenvalue weighted by atomic mass is 9.92. The molecule has 106 valence electrons. The Labute approximate surface area is 121 Å². The average Bonchev–Trinajstić information content (AvgIpc) is 3.27. The molecule has 0 spiro atoms. The molecule has 1 aromatic rings. The van der Waals surface area contributed by atoms with Crippen molar-refractivity contribution in [1.82, 2.24) is 5.32 Å². The molecule has 19 heavy (non-hydrogen) atoms. The molecule has 1 aliphatic rings. The van der Waals surface area contributed by atoms with Crippen LogP contribution in [0.25, 0.3) is 0 Å².